The molecule has 6 heteroatoms. The molecule has 2 N–H and O–H groups in total. The fourth-order valence-corrected chi connectivity index (χ4v) is 3.29. The summed E-state index contributed by atoms with van der Waals surface area (Å²) in [5.41, 5.74) is 2.31. The molecule has 0 fully saturated rings. The Morgan fingerprint density at radius 1 is 0.871 bits per heavy atom. The standard InChI is InChI=1S/C25H27N3O3/c1-17(2)28(25(31)22-10-6-8-19-7-4-5-9-21(19)22)16-24(30)26-15-23(29)27-20-13-11-18(3)12-14-20/h4-14,17H,15-16H2,1-3H3,(H,26,30)(H,27,29). The van der Waals surface area contributed by atoms with Gasteiger partial charge in [-0.2, -0.15) is 0 Å². The second kappa shape index (κ2) is 9.89. The van der Waals surface area contributed by atoms with Crippen molar-refractivity contribution in [1.29, 1.82) is 0 Å². The Labute approximate surface area is 182 Å². The van der Waals surface area contributed by atoms with Crippen molar-refractivity contribution in [1.82, 2.24) is 10.2 Å². The second-order valence-corrected chi connectivity index (χ2v) is 7.74. The highest BCUT2D eigenvalue weighted by Crippen LogP contribution is 2.20. The van der Waals surface area contributed by atoms with Gasteiger partial charge in [-0.05, 0) is 49.7 Å². The van der Waals surface area contributed by atoms with Crippen molar-refractivity contribution >= 4 is 34.2 Å². The minimum atomic E-state index is -0.388. The van der Waals surface area contributed by atoms with Crippen LogP contribution in [0.3, 0.4) is 0 Å². The van der Waals surface area contributed by atoms with Crippen LogP contribution in [0.25, 0.3) is 10.8 Å². The lowest BCUT2D eigenvalue weighted by molar-refractivity contribution is -0.124. The van der Waals surface area contributed by atoms with Crippen molar-refractivity contribution in [2.24, 2.45) is 0 Å². The summed E-state index contributed by atoms with van der Waals surface area (Å²) in [6, 6.07) is 20.4. The predicted molar refractivity (Wildman–Crippen MR) is 123 cm³/mol. The number of hydrogen-bond donors (Lipinski definition) is 2. The van der Waals surface area contributed by atoms with Crippen LogP contribution in [-0.2, 0) is 9.59 Å². The zero-order valence-electron chi connectivity index (χ0n) is 18.0. The fraction of sp³-hybridized carbons (Fsp3) is 0.240. The summed E-state index contributed by atoms with van der Waals surface area (Å²) in [5, 5.41) is 7.15. The van der Waals surface area contributed by atoms with E-state index in [1.54, 1.807) is 18.2 Å². The van der Waals surface area contributed by atoms with E-state index in [9.17, 15) is 14.4 Å². The largest absolute Gasteiger partial charge is 0.345 e. The SMILES string of the molecule is Cc1ccc(NC(=O)CNC(=O)CN(C(=O)c2cccc3ccccc23)C(C)C)cc1. The van der Waals surface area contributed by atoms with E-state index in [1.807, 2.05) is 69.3 Å². The second-order valence-electron chi connectivity index (χ2n) is 7.74. The molecule has 3 amide bonds. The van der Waals surface area contributed by atoms with Crippen LogP contribution >= 0.6 is 0 Å². The van der Waals surface area contributed by atoms with Crippen LogP contribution in [0.2, 0.25) is 0 Å². The summed E-state index contributed by atoms with van der Waals surface area (Å²) in [6.45, 7) is 5.39. The number of carbonyl (C=O) groups excluding carboxylic acids is 3. The van der Waals surface area contributed by atoms with Gasteiger partial charge in [0.1, 0.15) is 6.54 Å². The van der Waals surface area contributed by atoms with Gasteiger partial charge in [-0.25, -0.2) is 0 Å². The predicted octanol–water partition coefficient (Wildman–Crippen LogP) is 3.75. The molecule has 160 valence electrons. The van der Waals surface area contributed by atoms with Crippen LogP contribution in [0.5, 0.6) is 0 Å². The van der Waals surface area contributed by atoms with E-state index in [4.69, 9.17) is 0 Å². The molecule has 3 aromatic carbocycles. The van der Waals surface area contributed by atoms with Crippen molar-refractivity contribution in [3.8, 4) is 0 Å². The molecule has 6 nitrogen and oxygen atoms in total. The Bertz CT molecular complexity index is 1090. The van der Waals surface area contributed by atoms with Crippen molar-refractivity contribution in [2.45, 2.75) is 26.8 Å². The molecule has 0 aliphatic heterocycles. The first-order chi connectivity index (χ1) is 14.8. The van der Waals surface area contributed by atoms with Gasteiger partial charge in [0.15, 0.2) is 0 Å². The number of anilines is 1. The van der Waals surface area contributed by atoms with E-state index in [0.29, 0.717) is 11.3 Å². The van der Waals surface area contributed by atoms with Gasteiger partial charge >= 0.3 is 0 Å². The third-order valence-corrected chi connectivity index (χ3v) is 5.00. The van der Waals surface area contributed by atoms with Crippen LogP contribution in [0.1, 0.15) is 29.8 Å². The number of nitrogens with one attached hydrogen (secondary N) is 2. The lowest BCUT2D eigenvalue weighted by Gasteiger charge is -2.26. The molecule has 31 heavy (non-hydrogen) atoms. The molecule has 0 aromatic heterocycles. The van der Waals surface area contributed by atoms with Crippen molar-refractivity contribution < 1.29 is 14.4 Å². The van der Waals surface area contributed by atoms with E-state index in [0.717, 1.165) is 16.3 Å². The number of fused-ring (bicyclic) bond motifs is 1. The number of benzene rings is 3. The third kappa shape index (κ3) is 5.69. The molecule has 0 aliphatic rings. The summed E-state index contributed by atoms with van der Waals surface area (Å²) in [4.78, 5) is 39.3. The van der Waals surface area contributed by atoms with Crippen molar-refractivity contribution in [2.75, 3.05) is 18.4 Å². The number of carbonyl (C=O) groups is 3. The smallest absolute Gasteiger partial charge is 0.255 e. The highest BCUT2D eigenvalue weighted by Gasteiger charge is 2.23. The average molecular weight is 418 g/mol. The minimum absolute atomic E-state index is 0.127. The molecule has 0 saturated heterocycles. The Morgan fingerprint density at radius 2 is 1.55 bits per heavy atom. The Balaban J connectivity index is 1.62. The summed E-state index contributed by atoms with van der Waals surface area (Å²) in [5.74, 6) is -0.930. The molecular weight excluding hydrogens is 390 g/mol. The number of nitrogens with zero attached hydrogens (tertiary/aromatic N) is 1. The molecule has 0 unspecified atom stereocenters. The maximum absolute atomic E-state index is 13.2. The topological polar surface area (TPSA) is 78.5 Å². The van der Waals surface area contributed by atoms with Crippen LogP contribution in [0.4, 0.5) is 5.69 Å². The van der Waals surface area contributed by atoms with Crippen LogP contribution in [0.15, 0.2) is 66.7 Å². The lowest BCUT2D eigenvalue weighted by atomic mass is 10.0. The van der Waals surface area contributed by atoms with Crippen LogP contribution in [-0.4, -0.2) is 41.8 Å². The summed E-state index contributed by atoms with van der Waals surface area (Å²) < 4.78 is 0. The first-order valence-electron chi connectivity index (χ1n) is 10.3. The van der Waals surface area contributed by atoms with Crippen molar-refractivity contribution in [3.05, 3.63) is 77.9 Å². The average Bonchev–Trinajstić information content (AvgIpc) is 2.76. The van der Waals surface area contributed by atoms with E-state index in [-0.39, 0.29) is 36.9 Å². The molecule has 0 saturated carbocycles. The molecule has 0 aliphatic carbocycles. The van der Waals surface area contributed by atoms with Crippen molar-refractivity contribution in [3.63, 3.8) is 0 Å². The molecule has 0 atom stereocenters. The normalized spacial score (nSPS) is 10.7. The summed E-state index contributed by atoms with van der Waals surface area (Å²) in [6.07, 6.45) is 0. The van der Waals surface area contributed by atoms with Gasteiger partial charge in [-0.3, -0.25) is 14.4 Å². The van der Waals surface area contributed by atoms with E-state index in [2.05, 4.69) is 10.6 Å². The highest BCUT2D eigenvalue weighted by atomic mass is 16.2. The molecule has 0 spiro atoms. The zero-order valence-corrected chi connectivity index (χ0v) is 18.0. The molecule has 0 bridgehead atoms. The quantitative estimate of drug-likeness (QED) is 0.615. The first kappa shape index (κ1) is 22.0. The van der Waals surface area contributed by atoms with E-state index >= 15 is 0 Å². The molecule has 0 heterocycles. The number of rotatable bonds is 7. The van der Waals surface area contributed by atoms with Crippen LogP contribution < -0.4 is 10.6 Å². The van der Waals surface area contributed by atoms with Gasteiger partial charge < -0.3 is 15.5 Å². The van der Waals surface area contributed by atoms with Gasteiger partial charge in [-0.15, -0.1) is 0 Å². The van der Waals surface area contributed by atoms with Crippen LogP contribution in [0, 0.1) is 6.92 Å². The maximum atomic E-state index is 13.2. The number of aryl methyl sites for hydroxylation is 1. The summed E-state index contributed by atoms with van der Waals surface area (Å²) >= 11 is 0. The van der Waals surface area contributed by atoms with Gasteiger partial charge in [-0.1, -0.05) is 54.1 Å². The molecule has 3 rings (SSSR count). The Morgan fingerprint density at radius 3 is 2.26 bits per heavy atom. The Hall–Kier alpha value is -3.67. The number of hydrogen-bond acceptors (Lipinski definition) is 3. The zero-order chi connectivity index (χ0) is 22.4. The third-order valence-electron chi connectivity index (χ3n) is 5.00. The van der Waals surface area contributed by atoms with E-state index < -0.39 is 0 Å². The molecule has 0 radical (unpaired) electrons. The van der Waals surface area contributed by atoms with Gasteiger partial charge in [0.05, 0.1) is 6.54 Å². The van der Waals surface area contributed by atoms with Gasteiger partial charge in [0, 0.05) is 17.3 Å². The van der Waals surface area contributed by atoms with E-state index in [1.165, 1.54) is 4.90 Å². The minimum Gasteiger partial charge on any atom is -0.345 e. The van der Waals surface area contributed by atoms with Gasteiger partial charge in [0.2, 0.25) is 11.8 Å². The molecular formula is C25H27N3O3. The first-order valence-corrected chi connectivity index (χ1v) is 10.3. The maximum Gasteiger partial charge on any atom is 0.255 e. The van der Waals surface area contributed by atoms with Gasteiger partial charge in [0.25, 0.3) is 5.91 Å². The fourth-order valence-electron chi connectivity index (χ4n) is 3.29. The monoisotopic (exact) mass is 417 g/mol. The Kier molecular flexibility index (Phi) is 7.03. The lowest BCUT2D eigenvalue weighted by Crippen LogP contribution is -2.45. The highest BCUT2D eigenvalue weighted by molar-refractivity contribution is 6.08. The molecule has 3 aromatic rings. The number of amides is 3. The summed E-state index contributed by atoms with van der Waals surface area (Å²) in [7, 11) is 0.